The standard InChI is InChI=1S/C27H32N6O4S/c1-7-37-25(26-29-13-18(3)14-30-26)20(5)38(34,35)16-23-31-32-27(21-11-17(2)12-28-15-21)33(23)24-19(4)9-8-10-22(24)36-6/h8-15,20,25H,7,16H2,1-6H3/t20-,25-/m1/s1. The normalized spacial score (nSPS) is 13.3. The van der Waals surface area contributed by atoms with Crippen molar-refractivity contribution < 1.29 is 17.9 Å². The molecule has 0 unspecified atom stereocenters. The van der Waals surface area contributed by atoms with Crippen LogP contribution in [0, 0.1) is 20.8 Å². The Morgan fingerprint density at radius 1 is 1.00 bits per heavy atom. The van der Waals surface area contributed by atoms with E-state index < -0.39 is 21.2 Å². The van der Waals surface area contributed by atoms with Gasteiger partial charge in [-0.05, 0) is 63.4 Å². The molecule has 0 saturated carbocycles. The fourth-order valence-corrected chi connectivity index (χ4v) is 5.63. The molecule has 11 heteroatoms. The first kappa shape index (κ1) is 27.3. The first-order valence-corrected chi connectivity index (χ1v) is 14.0. The second-order valence-electron chi connectivity index (χ2n) is 9.16. The van der Waals surface area contributed by atoms with Gasteiger partial charge in [0.1, 0.15) is 17.6 Å². The van der Waals surface area contributed by atoms with Crippen LogP contribution in [-0.4, -0.2) is 57.1 Å². The van der Waals surface area contributed by atoms with E-state index in [4.69, 9.17) is 9.47 Å². The Hall–Kier alpha value is -3.70. The molecule has 38 heavy (non-hydrogen) atoms. The molecule has 0 N–H and O–H groups in total. The van der Waals surface area contributed by atoms with Crippen molar-refractivity contribution in [3.8, 4) is 22.8 Å². The predicted molar refractivity (Wildman–Crippen MR) is 144 cm³/mol. The van der Waals surface area contributed by atoms with Crippen molar-refractivity contribution in [1.82, 2.24) is 29.7 Å². The minimum Gasteiger partial charge on any atom is -0.495 e. The largest absolute Gasteiger partial charge is 0.495 e. The minimum atomic E-state index is -3.82. The summed E-state index contributed by atoms with van der Waals surface area (Å²) >= 11 is 0. The molecule has 4 rings (SSSR count). The Labute approximate surface area is 223 Å². The van der Waals surface area contributed by atoms with Gasteiger partial charge in [0.15, 0.2) is 27.3 Å². The van der Waals surface area contributed by atoms with Gasteiger partial charge in [-0.25, -0.2) is 18.4 Å². The van der Waals surface area contributed by atoms with Gasteiger partial charge in [0.2, 0.25) is 0 Å². The van der Waals surface area contributed by atoms with E-state index in [-0.39, 0.29) is 11.6 Å². The van der Waals surface area contributed by atoms with E-state index in [1.165, 1.54) is 0 Å². The maximum atomic E-state index is 13.8. The first-order valence-electron chi connectivity index (χ1n) is 12.3. The van der Waals surface area contributed by atoms with E-state index >= 15 is 0 Å². The molecule has 10 nitrogen and oxygen atoms in total. The summed E-state index contributed by atoms with van der Waals surface area (Å²) in [6.45, 7) is 9.45. The Morgan fingerprint density at radius 2 is 1.74 bits per heavy atom. The lowest BCUT2D eigenvalue weighted by Gasteiger charge is -2.23. The maximum Gasteiger partial charge on any atom is 0.170 e. The SMILES string of the molecule is CCO[C@@H](c1ncc(C)cn1)[C@@H](C)S(=O)(=O)Cc1nnc(-c2cncc(C)c2)n1-c1c(C)cccc1OC. The molecule has 0 spiro atoms. The number of aromatic nitrogens is 6. The Balaban J connectivity index is 1.82. The summed E-state index contributed by atoms with van der Waals surface area (Å²) in [5.41, 5.74) is 4.06. The summed E-state index contributed by atoms with van der Waals surface area (Å²) in [4.78, 5) is 13.0. The fourth-order valence-electron chi connectivity index (χ4n) is 4.24. The van der Waals surface area contributed by atoms with Crippen LogP contribution in [0.15, 0.2) is 49.1 Å². The Morgan fingerprint density at radius 3 is 2.39 bits per heavy atom. The highest BCUT2D eigenvalue weighted by molar-refractivity contribution is 7.91. The van der Waals surface area contributed by atoms with Crippen molar-refractivity contribution in [3.63, 3.8) is 0 Å². The smallest absolute Gasteiger partial charge is 0.170 e. The third-order valence-electron chi connectivity index (χ3n) is 6.23. The Kier molecular flexibility index (Phi) is 8.17. The number of nitrogens with zero attached hydrogens (tertiary/aromatic N) is 6. The number of ether oxygens (including phenoxy) is 2. The lowest BCUT2D eigenvalue weighted by atomic mass is 10.1. The van der Waals surface area contributed by atoms with E-state index in [1.54, 1.807) is 43.4 Å². The van der Waals surface area contributed by atoms with E-state index in [9.17, 15) is 8.42 Å². The van der Waals surface area contributed by atoms with Gasteiger partial charge in [-0.3, -0.25) is 9.55 Å². The number of hydrogen-bond donors (Lipinski definition) is 0. The van der Waals surface area contributed by atoms with Crippen LogP contribution in [0.3, 0.4) is 0 Å². The van der Waals surface area contributed by atoms with E-state index in [0.29, 0.717) is 35.3 Å². The molecule has 0 saturated heterocycles. The van der Waals surface area contributed by atoms with E-state index in [1.807, 2.05) is 52.0 Å². The van der Waals surface area contributed by atoms with Crippen molar-refractivity contribution in [2.24, 2.45) is 0 Å². The second kappa shape index (κ2) is 11.4. The zero-order valence-electron chi connectivity index (χ0n) is 22.4. The average molecular weight is 537 g/mol. The van der Waals surface area contributed by atoms with Crippen LogP contribution in [0.5, 0.6) is 5.75 Å². The molecule has 3 heterocycles. The highest BCUT2D eigenvalue weighted by atomic mass is 32.2. The van der Waals surface area contributed by atoms with E-state index in [0.717, 1.165) is 16.7 Å². The van der Waals surface area contributed by atoms with Gasteiger partial charge < -0.3 is 9.47 Å². The summed E-state index contributed by atoms with van der Waals surface area (Å²) in [5.74, 6) is 1.23. The summed E-state index contributed by atoms with van der Waals surface area (Å²) < 4.78 is 40.9. The van der Waals surface area contributed by atoms with Crippen LogP contribution in [0.25, 0.3) is 17.1 Å². The predicted octanol–water partition coefficient (Wildman–Crippen LogP) is 4.13. The zero-order chi connectivity index (χ0) is 27.4. The number of methoxy groups -OCH3 is 1. The molecule has 0 aliphatic heterocycles. The summed E-state index contributed by atoms with van der Waals surface area (Å²) in [6.07, 6.45) is 5.88. The van der Waals surface area contributed by atoms with Gasteiger partial charge in [-0.1, -0.05) is 12.1 Å². The van der Waals surface area contributed by atoms with Crippen LogP contribution in [-0.2, 0) is 20.3 Å². The average Bonchev–Trinajstić information content (AvgIpc) is 3.29. The molecular formula is C27H32N6O4S. The van der Waals surface area contributed by atoms with Crippen LogP contribution < -0.4 is 4.74 Å². The topological polar surface area (TPSA) is 122 Å². The molecule has 3 aromatic heterocycles. The van der Waals surface area contributed by atoms with Gasteiger partial charge in [0.05, 0.1) is 18.0 Å². The van der Waals surface area contributed by atoms with Crippen molar-refractivity contribution >= 4 is 9.84 Å². The molecule has 200 valence electrons. The molecule has 1 aromatic carbocycles. The maximum absolute atomic E-state index is 13.8. The van der Waals surface area contributed by atoms with E-state index in [2.05, 4.69) is 25.1 Å². The molecule has 2 atom stereocenters. The van der Waals surface area contributed by atoms with Crippen LogP contribution in [0.2, 0.25) is 0 Å². The molecule has 0 fully saturated rings. The summed E-state index contributed by atoms with van der Waals surface area (Å²) in [6, 6.07) is 7.56. The number of hydrogen-bond acceptors (Lipinski definition) is 9. The second-order valence-corrected chi connectivity index (χ2v) is 11.5. The summed E-state index contributed by atoms with van der Waals surface area (Å²) in [5, 5.41) is 7.81. The van der Waals surface area contributed by atoms with Crippen LogP contribution >= 0.6 is 0 Å². The molecule has 0 amide bonds. The van der Waals surface area contributed by atoms with Gasteiger partial charge >= 0.3 is 0 Å². The molecular weight excluding hydrogens is 504 g/mol. The number of para-hydroxylation sites is 1. The highest BCUT2D eigenvalue weighted by Gasteiger charge is 2.35. The number of rotatable bonds is 10. The van der Waals surface area contributed by atoms with Gasteiger partial charge in [-0.15, -0.1) is 10.2 Å². The van der Waals surface area contributed by atoms with Crippen LogP contribution in [0.1, 0.15) is 48.3 Å². The van der Waals surface area contributed by atoms with Crippen molar-refractivity contribution in [2.75, 3.05) is 13.7 Å². The summed E-state index contributed by atoms with van der Waals surface area (Å²) in [7, 11) is -2.25. The van der Waals surface area contributed by atoms with Gasteiger partial charge in [-0.2, -0.15) is 0 Å². The molecule has 0 bridgehead atoms. The third kappa shape index (κ3) is 5.58. The first-order chi connectivity index (χ1) is 18.2. The lowest BCUT2D eigenvalue weighted by Crippen LogP contribution is -2.30. The number of aryl methyl sites for hydroxylation is 3. The van der Waals surface area contributed by atoms with Crippen molar-refractivity contribution in [1.29, 1.82) is 0 Å². The monoisotopic (exact) mass is 536 g/mol. The molecule has 0 aliphatic carbocycles. The lowest BCUT2D eigenvalue weighted by molar-refractivity contribution is 0.0556. The third-order valence-corrected chi connectivity index (χ3v) is 8.27. The van der Waals surface area contributed by atoms with Gasteiger partial charge in [0.25, 0.3) is 0 Å². The number of sulfone groups is 1. The van der Waals surface area contributed by atoms with Crippen LogP contribution in [0.4, 0.5) is 0 Å². The van der Waals surface area contributed by atoms with Gasteiger partial charge in [0, 0.05) is 37.0 Å². The molecule has 0 radical (unpaired) electrons. The Bertz CT molecular complexity index is 1520. The number of pyridine rings is 1. The van der Waals surface area contributed by atoms with Crippen molar-refractivity contribution in [3.05, 3.63) is 77.4 Å². The zero-order valence-corrected chi connectivity index (χ0v) is 23.2. The van der Waals surface area contributed by atoms with Crippen molar-refractivity contribution in [2.45, 2.75) is 51.7 Å². The fraction of sp³-hybridized carbons (Fsp3) is 0.370. The molecule has 4 aromatic rings. The highest BCUT2D eigenvalue weighted by Crippen LogP contribution is 2.33. The molecule has 0 aliphatic rings. The minimum absolute atomic E-state index is 0.251. The quantitative estimate of drug-likeness (QED) is 0.294. The number of benzene rings is 1.